The number of esters is 2. The van der Waals surface area contributed by atoms with Crippen molar-refractivity contribution in [2.24, 2.45) is 0 Å². The van der Waals surface area contributed by atoms with Gasteiger partial charge in [0.05, 0.1) is 23.4 Å². The van der Waals surface area contributed by atoms with Crippen LogP contribution in [0.2, 0.25) is 0 Å². The van der Waals surface area contributed by atoms with Gasteiger partial charge in [-0.05, 0) is 43.7 Å². The van der Waals surface area contributed by atoms with E-state index in [0.29, 0.717) is 0 Å². The second kappa shape index (κ2) is 10.6. The summed E-state index contributed by atoms with van der Waals surface area (Å²) in [6.45, 7) is 4.95. The third-order valence-corrected chi connectivity index (χ3v) is 4.92. The van der Waals surface area contributed by atoms with E-state index < -0.39 is 30.2 Å². The summed E-state index contributed by atoms with van der Waals surface area (Å²) in [5.74, 6) is -3.47. The minimum Gasteiger partial charge on any atom is -0.462 e. The summed E-state index contributed by atoms with van der Waals surface area (Å²) in [5, 5.41) is 6.46. The van der Waals surface area contributed by atoms with Crippen LogP contribution in [0.3, 0.4) is 0 Å². The third-order valence-electron chi connectivity index (χ3n) is 4.92. The van der Waals surface area contributed by atoms with E-state index in [2.05, 4.69) is 10.6 Å². The Morgan fingerprint density at radius 1 is 0.886 bits per heavy atom. The van der Waals surface area contributed by atoms with Gasteiger partial charge < -0.3 is 19.2 Å². The molecular formula is C25H24N2O8. The van der Waals surface area contributed by atoms with Gasteiger partial charge in [-0.3, -0.25) is 19.7 Å². The molecule has 0 aliphatic rings. The Morgan fingerprint density at radius 3 is 2.14 bits per heavy atom. The number of fused-ring (bicyclic) bond motifs is 1. The molecule has 0 unspecified atom stereocenters. The van der Waals surface area contributed by atoms with Gasteiger partial charge in [-0.1, -0.05) is 24.3 Å². The molecule has 35 heavy (non-hydrogen) atoms. The molecule has 182 valence electrons. The lowest BCUT2D eigenvalue weighted by molar-refractivity contribution is -0.119. The molecule has 2 N–H and O–H groups in total. The first kappa shape index (κ1) is 25.2. The van der Waals surface area contributed by atoms with Gasteiger partial charge in [-0.25, -0.2) is 9.59 Å². The Balaban J connectivity index is 1.80. The van der Waals surface area contributed by atoms with Crippen molar-refractivity contribution in [2.45, 2.75) is 27.7 Å². The number of rotatable bonds is 8. The molecule has 10 heteroatoms. The van der Waals surface area contributed by atoms with Gasteiger partial charge in [0.25, 0.3) is 5.91 Å². The quantitative estimate of drug-likeness (QED) is 0.366. The van der Waals surface area contributed by atoms with Crippen molar-refractivity contribution in [1.82, 2.24) is 0 Å². The molecule has 1 heterocycles. The normalized spacial score (nSPS) is 10.5. The number of Topliss-reactive ketones (excluding diaryl/α,β-unsaturated/α-hetero) is 1. The first-order valence-corrected chi connectivity index (χ1v) is 10.7. The number of benzene rings is 2. The number of ketones is 1. The molecule has 0 radical (unpaired) electrons. The lowest BCUT2D eigenvalue weighted by atomic mass is 10.0. The largest absolute Gasteiger partial charge is 0.462 e. The third kappa shape index (κ3) is 5.72. The highest BCUT2D eigenvalue weighted by Gasteiger charge is 2.29. The van der Waals surface area contributed by atoms with E-state index >= 15 is 0 Å². The van der Waals surface area contributed by atoms with Crippen molar-refractivity contribution in [2.75, 3.05) is 23.8 Å². The number of carbonyl (C=O) groups excluding carboxylic acids is 5. The van der Waals surface area contributed by atoms with Crippen LogP contribution in [0.1, 0.15) is 57.6 Å². The zero-order chi connectivity index (χ0) is 25.7. The van der Waals surface area contributed by atoms with Crippen LogP contribution in [0.15, 0.2) is 40.8 Å². The Morgan fingerprint density at radius 2 is 1.54 bits per heavy atom. The van der Waals surface area contributed by atoms with E-state index in [4.69, 9.17) is 13.9 Å². The lowest BCUT2D eigenvalue weighted by Gasteiger charge is -2.12. The SMILES string of the molecule is CCOC(=O)c1c(NC(=O)COC(=O)c2cc3ccccc3cc2NC(C)=O)oc(C)c1C(C)=O. The van der Waals surface area contributed by atoms with Crippen molar-refractivity contribution < 1.29 is 37.9 Å². The summed E-state index contributed by atoms with van der Waals surface area (Å²) < 4.78 is 15.5. The van der Waals surface area contributed by atoms with E-state index in [1.807, 2.05) is 12.1 Å². The molecule has 1 aromatic heterocycles. The highest BCUT2D eigenvalue weighted by Crippen LogP contribution is 2.29. The number of hydrogen-bond acceptors (Lipinski definition) is 8. The molecule has 3 rings (SSSR count). The predicted octanol–water partition coefficient (Wildman–Crippen LogP) is 3.87. The molecule has 0 saturated carbocycles. The van der Waals surface area contributed by atoms with Crippen LogP contribution in [-0.2, 0) is 19.1 Å². The number of aryl methyl sites for hydroxylation is 1. The van der Waals surface area contributed by atoms with Gasteiger partial charge in [0.15, 0.2) is 12.4 Å². The van der Waals surface area contributed by atoms with Gasteiger partial charge in [-0.2, -0.15) is 0 Å². The lowest BCUT2D eigenvalue weighted by Crippen LogP contribution is -2.23. The summed E-state index contributed by atoms with van der Waals surface area (Å²) in [6, 6.07) is 10.4. The molecule has 0 bridgehead atoms. The van der Waals surface area contributed by atoms with E-state index in [-0.39, 0.29) is 46.5 Å². The van der Waals surface area contributed by atoms with E-state index in [0.717, 1.165) is 10.8 Å². The molecule has 0 spiro atoms. The molecule has 0 aliphatic carbocycles. The average molecular weight is 480 g/mol. The zero-order valence-electron chi connectivity index (χ0n) is 19.6. The number of furan rings is 1. The Kier molecular flexibility index (Phi) is 7.65. The monoisotopic (exact) mass is 480 g/mol. The van der Waals surface area contributed by atoms with E-state index in [1.165, 1.54) is 20.8 Å². The van der Waals surface area contributed by atoms with Crippen LogP contribution in [-0.4, -0.2) is 42.7 Å². The number of nitrogens with one attached hydrogen (secondary N) is 2. The van der Waals surface area contributed by atoms with Crippen molar-refractivity contribution in [1.29, 1.82) is 0 Å². The van der Waals surface area contributed by atoms with Crippen LogP contribution < -0.4 is 10.6 Å². The predicted molar refractivity (Wildman–Crippen MR) is 127 cm³/mol. The van der Waals surface area contributed by atoms with Crippen LogP contribution in [0, 0.1) is 6.92 Å². The summed E-state index contributed by atoms with van der Waals surface area (Å²) in [7, 11) is 0. The van der Waals surface area contributed by atoms with Crippen LogP contribution in [0.25, 0.3) is 10.8 Å². The molecule has 0 atom stereocenters. The zero-order valence-corrected chi connectivity index (χ0v) is 19.6. The summed E-state index contributed by atoms with van der Waals surface area (Å²) >= 11 is 0. The topological polar surface area (TPSA) is 141 Å². The molecule has 10 nitrogen and oxygen atoms in total. The van der Waals surface area contributed by atoms with Gasteiger partial charge in [0, 0.05) is 6.92 Å². The molecular weight excluding hydrogens is 456 g/mol. The summed E-state index contributed by atoms with van der Waals surface area (Å²) in [5.41, 5.74) is 0.0800. The van der Waals surface area contributed by atoms with E-state index in [1.54, 1.807) is 31.2 Å². The second-order valence-corrected chi connectivity index (χ2v) is 7.56. The smallest absolute Gasteiger partial charge is 0.344 e. The number of carbonyl (C=O) groups is 5. The van der Waals surface area contributed by atoms with Gasteiger partial charge in [0.2, 0.25) is 11.8 Å². The number of ether oxygens (including phenoxy) is 2. The standard InChI is InChI=1S/C25H24N2O8/c1-5-33-25(32)22-21(13(2)28)14(3)35-23(22)27-20(30)12-34-24(31)18-10-16-8-6-7-9-17(16)11-19(18)26-15(4)29/h6-11H,5,12H2,1-4H3,(H,26,29)(H,27,30). The maximum atomic E-state index is 12.8. The Hall–Kier alpha value is -4.47. The first-order valence-electron chi connectivity index (χ1n) is 10.7. The Bertz CT molecular complexity index is 1340. The minimum atomic E-state index is -0.847. The van der Waals surface area contributed by atoms with Crippen molar-refractivity contribution in [3.63, 3.8) is 0 Å². The van der Waals surface area contributed by atoms with Crippen molar-refractivity contribution in [3.05, 3.63) is 58.8 Å². The van der Waals surface area contributed by atoms with Crippen molar-refractivity contribution in [3.8, 4) is 0 Å². The van der Waals surface area contributed by atoms with Crippen LogP contribution in [0.4, 0.5) is 11.6 Å². The molecule has 3 aromatic rings. The van der Waals surface area contributed by atoms with Gasteiger partial charge >= 0.3 is 11.9 Å². The first-order chi connectivity index (χ1) is 16.6. The maximum absolute atomic E-state index is 12.8. The molecule has 2 aromatic carbocycles. The Labute approximate surface area is 200 Å². The summed E-state index contributed by atoms with van der Waals surface area (Å²) in [6.07, 6.45) is 0. The summed E-state index contributed by atoms with van der Waals surface area (Å²) in [4.78, 5) is 61.2. The van der Waals surface area contributed by atoms with Crippen molar-refractivity contribution >= 4 is 51.9 Å². The molecule has 0 aliphatic heterocycles. The fourth-order valence-electron chi connectivity index (χ4n) is 3.53. The fourth-order valence-corrected chi connectivity index (χ4v) is 3.53. The maximum Gasteiger partial charge on any atom is 0.344 e. The minimum absolute atomic E-state index is 0.00754. The fraction of sp³-hybridized carbons (Fsp3) is 0.240. The number of amides is 2. The second-order valence-electron chi connectivity index (χ2n) is 7.56. The highest BCUT2D eigenvalue weighted by atomic mass is 16.5. The number of anilines is 2. The molecule has 2 amide bonds. The molecule has 0 fully saturated rings. The van der Waals surface area contributed by atoms with Gasteiger partial charge in [0.1, 0.15) is 11.3 Å². The number of hydrogen-bond donors (Lipinski definition) is 2. The van der Waals surface area contributed by atoms with Crippen LogP contribution >= 0.6 is 0 Å². The van der Waals surface area contributed by atoms with E-state index in [9.17, 15) is 24.0 Å². The van der Waals surface area contributed by atoms with Gasteiger partial charge in [-0.15, -0.1) is 0 Å². The molecule has 0 saturated heterocycles. The average Bonchev–Trinajstić information content (AvgIpc) is 3.12. The van der Waals surface area contributed by atoms with Crippen LogP contribution in [0.5, 0.6) is 0 Å². The highest BCUT2D eigenvalue weighted by molar-refractivity contribution is 6.11.